The molecule has 1 atom stereocenters. The van der Waals surface area contributed by atoms with Gasteiger partial charge in [0.15, 0.2) is 5.69 Å². The molecular formula is C25H27F6N3O. The Bertz CT molecular complexity index is 1040. The molecule has 0 amide bonds. The number of hydrogen-bond acceptors (Lipinski definition) is 4. The van der Waals surface area contributed by atoms with Crippen molar-refractivity contribution in [1.82, 2.24) is 15.6 Å². The van der Waals surface area contributed by atoms with Crippen LogP contribution in [0.4, 0.5) is 26.3 Å². The van der Waals surface area contributed by atoms with Crippen molar-refractivity contribution in [3.8, 4) is 11.3 Å². The Kier molecular flexibility index (Phi) is 8.74. The molecule has 190 valence electrons. The largest absolute Gasteiger partial charge is 0.433 e. The number of aromatic nitrogens is 1. The minimum atomic E-state index is -4.85. The van der Waals surface area contributed by atoms with Gasteiger partial charge in [0.2, 0.25) is 0 Å². The summed E-state index contributed by atoms with van der Waals surface area (Å²) in [6, 6.07) is 6.06. The summed E-state index contributed by atoms with van der Waals surface area (Å²) in [6.07, 6.45) is -5.77. The van der Waals surface area contributed by atoms with E-state index in [1.54, 1.807) is 0 Å². The van der Waals surface area contributed by atoms with E-state index in [4.69, 9.17) is 0 Å². The fourth-order valence-electron chi connectivity index (χ4n) is 3.81. The van der Waals surface area contributed by atoms with Crippen molar-refractivity contribution in [3.05, 3.63) is 77.0 Å². The molecule has 2 aromatic rings. The fraction of sp³-hybridized carbons (Fsp3) is 0.400. The highest BCUT2D eigenvalue weighted by molar-refractivity contribution is 5.60. The lowest BCUT2D eigenvalue weighted by atomic mass is 10.0. The summed E-state index contributed by atoms with van der Waals surface area (Å²) >= 11 is 0. The second kappa shape index (κ2) is 11.4. The molecule has 0 spiro atoms. The van der Waals surface area contributed by atoms with Crippen molar-refractivity contribution in [2.24, 2.45) is 0 Å². The molecule has 1 aromatic heterocycles. The molecule has 1 saturated carbocycles. The van der Waals surface area contributed by atoms with Crippen LogP contribution in [0, 0.1) is 0 Å². The van der Waals surface area contributed by atoms with Crippen LogP contribution in [0.15, 0.2) is 60.2 Å². The maximum atomic E-state index is 13.6. The second-order valence-electron chi connectivity index (χ2n) is 8.42. The third-order valence-electron chi connectivity index (χ3n) is 5.69. The van der Waals surface area contributed by atoms with Gasteiger partial charge in [-0.25, -0.2) is 4.98 Å². The van der Waals surface area contributed by atoms with Crippen molar-refractivity contribution in [1.29, 1.82) is 0 Å². The average molecular weight is 499 g/mol. The van der Waals surface area contributed by atoms with Crippen molar-refractivity contribution in [2.45, 2.75) is 37.7 Å². The number of nitrogens with zero attached hydrogens (tertiary/aromatic N) is 1. The van der Waals surface area contributed by atoms with Crippen molar-refractivity contribution in [2.75, 3.05) is 26.2 Å². The highest BCUT2D eigenvalue weighted by atomic mass is 19.4. The second-order valence-corrected chi connectivity index (χ2v) is 8.42. The van der Waals surface area contributed by atoms with Crippen LogP contribution in [-0.2, 0) is 12.4 Å². The van der Waals surface area contributed by atoms with Gasteiger partial charge in [-0.3, -0.25) is 0 Å². The highest BCUT2D eigenvalue weighted by Gasteiger charge is 2.37. The van der Waals surface area contributed by atoms with Crippen LogP contribution >= 0.6 is 0 Å². The maximum absolute atomic E-state index is 13.6. The van der Waals surface area contributed by atoms with E-state index in [9.17, 15) is 31.4 Å². The van der Waals surface area contributed by atoms with Gasteiger partial charge >= 0.3 is 12.4 Å². The SMILES string of the molecule is C=C1CC/C(=C\CNCCNC[C@@H](O)c2ccc(-c3ccc(C(F)(F)F)cc3)nc2C(F)(F)F)C1. The zero-order valence-corrected chi connectivity index (χ0v) is 18.9. The Hall–Kier alpha value is -2.69. The van der Waals surface area contributed by atoms with Gasteiger partial charge in [0.1, 0.15) is 0 Å². The molecule has 0 saturated heterocycles. The number of alkyl halides is 6. The molecule has 3 rings (SSSR count). The first-order chi connectivity index (χ1) is 16.4. The predicted octanol–water partition coefficient (Wildman–Crippen LogP) is 5.67. The monoisotopic (exact) mass is 499 g/mol. The number of benzene rings is 1. The normalized spacial score (nSPS) is 16.8. The van der Waals surface area contributed by atoms with Gasteiger partial charge in [0, 0.05) is 37.3 Å². The first kappa shape index (κ1) is 26.9. The van der Waals surface area contributed by atoms with Crippen LogP contribution in [0.3, 0.4) is 0 Å². The number of allylic oxidation sites excluding steroid dienone is 2. The zero-order chi connectivity index (χ0) is 25.6. The third-order valence-corrected chi connectivity index (χ3v) is 5.69. The lowest BCUT2D eigenvalue weighted by Crippen LogP contribution is -2.31. The molecule has 0 unspecified atom stereocenters. The van der Waals surface area contributed by atoms with Gasteiger partial charge in [0.25, 0.3) is 0 Å². The Labute approximate surface area is 199 Å². The molecular weight excluding hydrogens is 472 g/mol. The van der Waals surface area contributed by atoms with E-state index >= 15 is 0 Å². The molecule has 0 aliphatic heterocycles. The topological polar surface area (TPSA) is 57.2 Å². The Morgan fingerprint density at radius 1 is 0.943 bits per heavy atom. The lowest BCUT2D eigenvalue weighted by Gasteiger charge is -2.18. The quantitative estimate of drug-likeness (QED) is 0.237. The predicted molar refractivity (Wildman–Crippen MR) is 121 cm³/mol. The Morgan fingerprint density at radius 3 is 2.23 bits per heavy atom. The summed E-state index contributed by atoms with van der Waals surface area (Å²) < 4.78 is 79.1. The molecule has 1 aliphatic carbocycles. The molecule has 4 nitrogen and oxygen atoms in total. The van der Waals surface area contributed by atoms with Crippen LogP contribution in [-0.4, -0.2) is 36.3 Å². The summed E-state index contributed by atoms with van der Waals surface area (Å²) in [7, 11) is 0. The molecule has 0 bridgehead atoms. The molecule has 0 radical (unpaired) electrons. The Morgan fingerprint density at radius 2 is 1.63 bits per heavy atom. The van der Waals surface area contributed by atoms with E-state index in [1.807, 2.05) is 0 Å². The van der Waals surface area contributed by atoms with E-state index in [0.717, 1.165) is 49.6 Å². The number of aliphatic hydroxyl groups excluding tert-OH is 1. The van der Waals surface area contributed by atoms with Crippen molar-refractivity contribution in [3.63, 3.8) is 0 Å². The van der Waals surface area contributed by atoms with Crippen molar-refractivity contribution < 1.29 is 31.4 Å². The summed E-state index contributed by atoms with van der Waals surface area (Å²) in [4.78, 5) is 3.62. The summed E-state index contributed by atoms with van der Waals surface area (Å²) in [6.45, 7) is 5.52. The average Bonchev–Trinajstić information content (AvgIpc) is 3.21. The highest BCUT2D eigenvalue weighted by Crippen LogP contribution is 2.36. The van der Waals surface area contributed by atoms with Gasteiger partial charge in [-0.1, -0.05) is 42.0 Å². The van der Waals surface area contributed by atoms with Crippen LogP contribution in [0.2, 0.25) is 0 Å². The first-order valence-corrected chi connectivity index (χ1v) is 11.1. The minimum Gasteiger partial charge on any atom is -0.387 e. The lowest BCUT2D eigenvalue weighted by molar-refractivity contribution is -0.142. The van der Waals surface area contributed by atoms with E-state index in [1.165, 1.54) is 17.2 Å². The first-order valence-electron chi connectivity index (χ1n) is 11.1. The Balaban J connectivity index is 1.58. The smallest absolute Gasteiger partial charge is 0.387 e. The summed E-state index contributed by atoms with van der Waals surface area (Å²) in [5, 5.41) is 16.5. The van der Waals surface area contributed by atoms with Gasteiger partial charge in [-0.15, -0.1) is 0 Å². The number of halogens is 6. The molecule has 1 fully saturated rings. The van der Waals surface area contributed by atoms with Crippen LogP contribution in [0.1, 0.15) is 42.2 Å². The minimum absolute atomic E-state index is 0.102. The van der Waals surface area contributed by atoms with E-state index in [2.05, 4.69) is 28.3 Å². The molecule has 1 aromatic carbocycles. The summed E-state index contributed by atoms with van der Waals surface area (Å²) in [5.74, 6) is 0. The van der Waals surface area contributed by atoms with Crippen molar-refractivity contribution >= 4 is 0 Å². The van der Waals surface area contributed by atoms with Gasteiger partial charge < -0.3 is 15.7 Å². The van der Waals surface area contributed by atoms with Gasteiger partial charge in [0.05, 0.1) is 17.4 Å². The fourth-order valence-corrected chi connectivity index (χ4v) is 3.81. The number of aliphatic hydroxyl groups is 1. The standard InChI is InChI=1S/C25H27F6N3O/c1-16-2-3-17(14-16)10-11-32-12-13-33-15-22(35)20-8-9-21(34-23(20)25(29,30)31)18-4-6-19(7-5-18)24(26,27)28/h4-10,22,32-33,35H,1-3,11-15H2/b17-10+/t22-/m1/s1. The van der Waals surface area contributed by atoms with Gasteiger partial charge in [-0.05, 0) is 37.5 Å². The molecule has 10 heteroatoms. The number of hydrogen-bond donors (Lipinski definition) is 3. The van der Waals surface area contributed by atoms with E-state index in [-0.39, 0.29) is 17.8 Å². The molecule has 35 heavy (non-hydrogen) atoms. The van der Waals surface area contributed by atoms with Gasteiger partial charge in [-0.2, -0.15) is 26.3 Å². The molecule has 1 aliphatic rings. The number of rotatable bonds is 9. The third kappa shape index (κ3) is 7.65. The summed E-state index contributed by atoms with van der Waals surface area (Å²) in [5.41, 5.74) is -0.0486. The van der Waals surface area contributed by atoms with E-state index in [0.29, 0.717) is 19.6 Å². The van der Waals surface area contributed by atoms with Crippen LogP contribution in [0.25, 0.3) is 11.3 Å². The maximum Gasteiger partial charge on any atom is 0.433 e. The number of pyridine rings is 1. The van der Waals surface area contributed by atoms with Crippen LogP contribution in [0.5, 0.6) is 0 Å². The van der Waals surface area contributed by atoms with E-state index < -0.39 is 35.3 Å². The molecule has 1 heterocycles. The van der Waals surface area contributed by atoms with Crippen LogP contribution < -0.4 is 10.6 Å². The zero-order valence-electron chi connectivity index (χ0n) is 18.9. The number of nitrogens with one attached hydrogen (secondary N) is 2. The molecule has 3 N–H and O–H groups in total.